The van der Waals surface area contributed by atoms with Crippen molar-refractivity contribution < 1.29 is 4.52 Å². The van der Waals surface area contributed by atoms with E-state index in [0.717, 1.165) is 25.6 Å². The second-order valence-electron chi connectivity index (χ2n) is 6.59. The van der Waals surface area contributed by atoms with Crippen molar-refractivity contribution in [3.05, 3.63) is 41.5 Å². The summed E-state index contributed by atoms with van der Waals surface area (Å²) < 4.78 is 5.13. The van der Waals surface area contributed by atoms with Crippen LogP contribution in [0.15, 0.2) is 33.8 Å². The van der Waals surface area contributed by atoms with Crippen molar-refractivity contribution in [2.75, 3.05) is 24.5 Å². The number of aliphatic imine (C=N–C) groups is 1. The van der Waals surface area contributed by atoms with Gasteiger partial charge < -0.3 is 20.1 Å². The third-order valence-corrected chi connectivity index (χ3v) is 4.48. The largest absolute Gasteiger partial charge is 0.372 e. The molecule has 3 rings (SSSR count). The average Bonchev–Trinajstić information content (AvgIpc) is 3.32. The van der Waals surface area contributed by atoms with Crippen LogP contribution in [0.5, 0.6) is 0 Å². The Bertz CT molecular complexity index is 741. The van der Waals surface area contributed by atoms with E-state index in [1.165, 1.54) is 24.1 Å². The van der Waals surface area contributed by atoms with Crippen LogP contribution in [-0.2, 0) is 6.54 Å². The van der Waals surface area contributed by atoms with Crippen LogP contribution in [-0.4, -0.2) is 35.7 Å². The van der Waals surface area contributed by atoms with E-state index in [9.17, 15) is 0 Å². The summed E-state index contributed by atoms with van der Waals surface area (Å²) in [5.41, 5.74) is 2.55. The number of aromatic nitrogens is 2. The van der Waals surface area contributed by atoms with Gasteiger partial charge in [-0.05, 0) is 51.3 Å². The number of benzene rings is 1. The number of halogens is 1. The highest BCUT2D eigenvalue weighted by molar-refractivity contribution is 14.0. The van der Waals surface area contributed by atoms with Gasteiger partial charge in [0.1, 0.15) is 6.54 Å². The highest BCUT2D eigenvalue weighted by Gasteiger charge is 2.14. The van der Waals surface area contributed by atoms with Gasteiger partial charge in [-0.3, -0.25) is 0 Å². The van der Waals surface area contributed by atoms with Gasteiger partial charge in [0.05, 0.1) is 6.04 Å². The molecule has 148 valence electrons. The second-order valence-corrected chi connectivity index (χ2v) is 6.59. The first kappa shape index (κ1) is 21.5. The van der Waals surface area contributed by atoms with E-state index >= 15 is 0 Å². The maximum Gasteiger partial charge on any atom is 0.248 e. The molecule has 2 N–H and O–H groups in total. The van der Waals surface area contributed by atoms with Gasteiger partial charge in [0.25, 0.3) is 0 Å². The van der Waals surface area contributed by atoms with Gasteiger partial charge in [-0.1, -0.05) is 17.3 Å². The molecule has 0 amide bonds. The first-order valence-corrected chi connectivity index (χ1v) is 9.34. The zero-order valence-corrected chi connectivity index (χ0v) is 18.6. The Kier molecular flexibility index (Phi) is 8.33. The minimum atomic E-state index is 0. The van der Waals surface area contributed by atoms with Gasteiger partial charge in [-0.2, -0.15) is 4.98 Å². The van der Waals surface area contributed by atoms with Crippen LogP contribution in [0, 0.1) is 6.92 Å². The van der Waals surface area contributed by atoms with E-state index in [2.05, 4.69) is 61.9 Å². The Balaban J connectivity index is 0.00000261. The number of guanidine groups is 1. The average molecular weight is 484 g/mol. The number of aryl methyl sites for hydroxylation is 1. The molecule has 1 atom stereocenters. The SMILES string of the molecule is CCNC(=NCc1nc(C)no1)NC(C)c1cccc(N2CCCC2)c1.I. The molecule has 1 saturated heterocycles. The fourth-order valence-corrected chi connectivity index (χ4v) is 3.13. The topological polar surface area (TPSA) is 78.6 Å². The van der Waals surface area contributed by atoms with Gasteiger partial charge in [0, 0.05) is 25.3 Å². The van der Waals surface area contributed by atoms with Gasteiger partial charge in [0.15, 0.2) is 11.8 Å². The molecule has 1 aliphatic rings. The molecular weight excluding hydrogens is 455 g/mol. The van der Waals surface area contributed by atoms with Crippen LogP contribution in [0.1, 0.15) is 50.0 Å². The highest BCUT2D eigenvalue weighted by Crippen LogP contribution is 2.23. The minimum absolute atomic E-state index is 0. The van der Waals surface area contributed by atoms with Crippen LogP contribution in [0.25, 0.3) is 0 Å². The Labute approximate surface area is 178 Å². The van der Waals surface area contributed by atoms with E-state index in [4.69, 9.17) is 4.52 Å². The molecule has 0 bridgehead atoms. The van der Waals surface area contributed by atoms with Gasteiger partial charge in [0.2, 0.25) is 5.89 Å². The predicted molar refractivity (Wildman–Crippen MR) is 119 cm³/mol. The van der Waals surface area contributed by atoms with Crippen molar-refractivity contribution in [2.24, 2.45) is 4.99 Å². The summed E-state index contributed by atoms with van der Waals surface area (Å²) in [5, 5.41) is 10.5. The van der Waals surface area contributed by atoms with E-state index in [1.807, 2.05) is 6.92 Å². The van der Waals surface area contributed by atoms with Crippen molar-refractivity contribution in [3.63, 3.8) is 0 Å². The molecule has 0 saturated carbocycles. The lowest BCUT2D eigenvalue weighted by Crippen LogP contribution is -2.38. The standard InChI is InChI=1S/C19H28N6O.HI/c1-4-20-19(21-13-18-23-15(3)24-26-18)22-14(2)16-8-7-9-17(12-16)25-10-5-6-11-25;/h7-9,12,14H,4-6,10-11,13H2,1-3H3,(H2,20,21,22);1H. The fraction of sp³-hybridized carbons (Fsp3) is 0.526. The third kappa shape index (κ3) is 6.08. The van der Waals surface area contributed by atoms with Crippen molar-refractivity contribution in [3.8, 4) is 0 Å². The van der Waals surface area contributed by atoms with Crippen LogP contribution in [0.3, 0.4) is 0 Å². The summed E-state index contributed by atoms with van der Waals surface area (Å²) in [6.07, 6.45) is 2.56. The zero-order valence-electron chi connectivity index (χ0n) is 16.2. The molecule has 1 unspecified atom stereocenters. The molecule has 7 nitrogen and oxygen atoms in total. The van der Waals surface area contributed by atoms with Crippen LogP contribution < -0.4 is 15.5 Å². The van der Waals surface area contributed by atoms with E-state index < -0.39 is 0 Å². The summed E-state index contributed by atoms with van der Waals surface area (Å²) in [6, 6.07) is 8.89. The van der Waals surface area contributed by atoms with Crippen LogP contribution >= 0.6 is 24.0 Å². The first-order valence-electron chi connectivity index (χ1n) is 9.34. The van der Waals surface area contributed by atoms with Gasteiger partial charge >= 0.3 is 0 Å². The van der Waals surface area contributed by atoms with Crippen molar-refractivity contribution >= 4 is 35.6 Å². The van der Waals surface area contributed by atoms with Crippen LogP contribution in [0.2, 0.25) is 0 Å². The normalized spacial score (nSPS) is 15.4. The van der Waals surface area contributed by atoms with Gasteiger partial charge in [-0.25, -0.2) is 4.99 Å². The second kappa shape index (κ2) is 10.5. The quantitative estimate of drug-likeness (QED) is 0.372. The predicted octanol–water partition coefficient (Wildman–Crippen LogP) is 3.41. The highest BCUT2D eigenvalue weighted by atomic mass is 127. The van der Waals surface area contributed by atoms with E-state index in [0.29, 0.717) is 18.3 Å². The maximum atomic E-state index is 5.13. The molecule has 1 fully saturated rings. The summed E-state index contributed by atoms with van der Waals surface area (Å²) >= 11 is 0. The minimum Gasteiger partial charge on any atom is -0.372 e. The van der Waals surface area contributed by atoms with E-state index in [1.54, 1.807) is 6.92 Å². The molecule has 8 heteroatoms. The number of hydrogen-bond donors (Lipinski definition) is 2. The number of rotatable bonds is 6. The molecule has 0 aliphatic carbocycles. The van der Waals surface area contributed by atoms with E-state index in [-0.39, 0.29) is 30.0 Å². The number of hydrogen-bond acceptors (Lipinski definition) is 5. The molecule has 27 heavy (non-hydrogen) atoms. The van der Waals surface area contributed by atoms with Crippen molar-refractivity contribution in [1.82, 2.24) is 20.8 Å². The monoisotopic (exact) mass is 484 g/mol. The Hall–Kier alpha value is -1.84. The van der Waals surface area contributed by atoms with Gasteiger partial charge in [-0.15, -0.1) is 24.0 Å². The van der Waals surface area contributed by atoms with Crippen molar-refractivity contribution in [2.45, 2.75) is 46.2 Å². The molecule has 1 aromatic heterocycles. The maximum absolute atomic E-state index is 5.13. The van der Waals surface area contributed by atoms with Crippen molar-refractivity contribution in [1.29, 1.82) is 0 Å². The molecule has 0 spiro atoms. The lowest BCUT2D eigenvalue weighted by molar-refractivity contribution is 0.376. The lowest BCUT2D eigenvalue weighted by atomic mass is 10.1. The Morgan fingerprint density at radius 2 is 2.11 bits per heavy atom. The molecule has 1 aliphatic heterocycles. The molecule has 2 aromatic rings. The lowest BCUT2D eigenvalue weighted by Gasteiger charge is -2.22. The number of nitrogens with zero attached hydrogens (tertiary/aromatic N) is 4. The zero-order chi connectivity index (χ0) is 18.4. The number of anilines is 1. The van der Waals surface area contributed by atoms with Crippen LogP contribution in [0.4, 0.5) is 5.69 Å². The smallest absolute Gasteiger partial charge is 0.248 e. The fourth-order valence-electron chi connectivity index (χ4n) is 3.13. The molecule has 2 heterocycles. The summed E-state index contributed by atoms with van der Waals surface area (Å²) in [5.74, 6) is 1.88. The Morgan fingerprint density at radius 1 is 1.33 bits per heavy atom. The molecule has 1 aromatic carbocycles. The number of nitrogens with one attached hydrogen (secondary N) is 2. The summed E-state index contributed by atoms with van der Waals surface area (Å²) in [6.45, 7) is 9.44. The summed E-state index contributed by atoms with van der Waals surface area (Å²) in [7, 11) is 0. The third-order valence-electron chi connectivity index (χ3n) is 4.48. The molecule has 0 radical (unpaired) electrons. The summed E-state index contributed by atoms with van der Waals surface area (Å²) in [4.78, 5) is 11.2. The first-order chi connectivity index (χ1) is 12.7. The molecular formula is C19H29IN6O. The Morgan fingerprint density at radius 3 is 2.78 bits per heavy atom.